The van der Waals surface area contributed by atoms with Crippen LogP contribution in [0.1, 0.15) is 15.9 Å². The zero-order valence-electron chi connectivity index (χ0n) is 15.1. The summed E-state index contributed by atoms with van der Waals surface area (Å²) in [7, 11) is 4.00. The maximum absolute atomic E-state index is 12.2. The summed E-state index contributed by atoms with van der Waals surface area (Å²) in [6, 6.07) is 22.3. The first-order valence-electron chi connectivity index (χ1n) is 8.40. The summed E-state index contributed by atoms with van der Waals surface area (Å²) in [4.78, 5) is 18.7. The minimum Gasteiger partial charge on any atom is -0.423 e. The van der Waals surface area contributed by atoms with Crippen LogP contribution in [0.15, 0.2) is 82.3 Å². The normalized spacial score (nSPS) is 10.8. The topological polar surface area (TPSA) is 41.9 Å². The molecule has 3 rings (SSSR count). The third-order valence-electron chi connectivity index (χ3n) is 3.90. The molecule has 3 aromatic carbocycles. The van der Waals surface area contributed by atoms with E-state index in [0.29, 0.717) is 11.3 Å². The van der Waals surface area contributed by atoms with E-state index >= 15 is 0 Å². The Labute approximate surface area is 167 Å². The highest BCUT2D eigenvalue weighted by molar-refractivity contribution is 9.10. The molecule has 5 heteroatoms. The fraction of sp³-hybridized carbons (Fsp3) is 0.0909. The maximum atomic E-state index is 12.2. The van der Waals surface area contributed by atoms with Gasteiger partial charge in [-0.15, -0.1) is 0 Å². The van der Waals surface area contributed by atoms with Gasteiger partial charge in [0.1, 0.15) is 5.75 Å². The molecule has 0 atom stereocenters. The molecule has 0 amide bonds. The third-order valence-corrected chi connectivity index (χ3v) is 4.43. The largest absolute Gasteiger partial charge is 0.423 e. The second kappa shape index (κ2) is 8.64. The van der Waals surface area contributed by atoms with Crippen LogP contribution in [0.5, 0.6) is 5.75 Å². The number of carbonyl (C=O) groups is 1. The van der Waals surface area contributed by atoms with Crippen molar-refractivity contribution in [2.45, 2.75) is 0 Å². The first-order chi connectivity index (χ1) is 13.0. The fourth-order valence-electron chi connectivity index (χ4n) is 2.36. The smallest absolute Gasteiger partial charge is 0.343 e. The standard InChI is InChI=1S/C22H19BrN2O2/c1-25(2)20-11-9-19(10-12-20)24-15-16-3-5-17(6-4-16)22(26)27-21-13-7-18(23)8-14-21/h3-15H,1-2H3. The van der Waals surface area contributed by atoms with Crippen molar-refractivity contribution in [3.63, 3.8) is 0 Å². The van der Waals surface area contributed by atoms with Crippen molar-refractivity contribution in [3.8, 4) is 5.75 Å². The molecule has 0 aliphatic rings. The lowest BCUT2D eigenvalue weighted by Crippen LogP contribution is -2.08. The number of halogens is 1. The van der Waals surface area contributed by atoms with Crippen LogP contribution in [0.4, 0.5) is 11.4 Å². The SMILES string of the molecule is CN(C)c1ccc(N=Cc2ccc(C(=O)Oc3ccc(Br)cc3)cc2)cc1. The highest BCUT2D eigenvalue weighted by Crippen LogP contribution is 2.19. The fourth-order valence-corrected chi connectivity index (χ4v) is 2.62. The molecule has 0 N–H and O–H groups in total. The van der Waals surface area contributed by atoms with Crippen LogP contribution in [0.3, 0.4) is 0 Å². The summed E-state index contributed by atoms with van der Waals surface area (Å²) in [5.74, 6) is 0.120. The van der Waals surface area contributed by atoms with Crippen molar-refractivity contribution < 1.29 is 9.53 Å². The number of esters is 1. The molecule has 0 radical (unpaired) electrons. The molecule has 0 heterocycles. The molecule has 0 unspecified atom stereocenters. The second-order valence-electron chi connectivity index (χ2n) is 6.13. The molecule has 0 saturated heterocycles. The third kappa shape index (κ3) is 5.28. The van der Waals surface area contributed by atoms with Gasteiger partial charge >= 0.3 is 5.97 Å². The molecular weight excluding hydrogens is 404 g/mol. The number of rotatable bonds is 5. The quantitative estimate of drug-likeness (QED) is 0.310. The summed E-state index contributed by atoms with van der Waals surface area (Å²) in [6.07, 6.45) is 1.77. The number of carbonyl (C=O) groups excluding carboxylic acids is 1. The van der Waals surface area contributed by atoms with Gasteiger partial charge in [0.25, 0.3) is 0 Å². The van der Waals surface area contributed by atoms with Gasteiger partial charge in [-0.3, -0.25) is 4.99 Å². The van der Waals surface area contributed by atoms with Gasteiger partial charge in [0.15, 0.2) is 0 Å². The van der Waals surface area contributed by atoms with Crippen molar-refractivity contribution in [1.82, 2.24) is 0 Å². The number of anilines is 1. The summed E-state index contributed by atoms with van der Waals surface area (Å²) in [5.41, 5.74) is 3.40. The average molecular weight is 423 g/mol. The highest BCUT2D eigenvalue weighted by atomic mass is 79.9. The Kier molecular flexibility index (Phi) is 6.04. The maximum Gasteiger partial charge on any atom is 0.343 e. The molecule has 4 nitrogen and oxygen atoms in total. The van der Waals surface area contributed by atoms with E-state index in [2.05, 4.69) is 20.9 Å². The number of hydrogen-bond donors (Lipinski definition) is 0. The van der Waals surface area contributed by atoms with Gasteiger partial charge in [-0.2, -0.15) is 0 Å². The number of hydrogen-bond acceptors (Lipinski definition) is 4. The Morgan fingerprint density at radius 3 is 2.15 bits per heavy atom. The number of benzene rings is 3. The Bertz CT molecular complexity index is 932. The molecule has 3 aromatic rings. The molecule has 0 saturated carbocycles. The van der Waals surface area contributed by atoms with Crippen molar-refractivity contribution in [1.29, 1.82) is 0 Å². The van der Waals surface area contributed by atoms with E-state index in [1.165, 1.54) is 0 Å². The molecule has 0 fully saturated rings. The Balaban J connectivity index is 1.64. The average Bonchev–Trinajstić information content (AvgIpc) is 2.69. The van der Waals surface area contributed by atoms with E-state index < -0.39 is 0 Å². The van der Waals surface area contributed by atoms with Gasteiger partial charge < -0.3 is 9.64 Å². The van der Waals surface area contributed by atoms with Crippen molar-refractivity contribution >= 4 is 39.5 Å². The van der Waals surface area contributed by atoms with Crippen LogP contribution >= 0.6 is 15.9 Å². The molecule has 27 heavy (non-hydrogen) atoms. The molecular formula is C22H19BrN2O2. The van der Waals surface area contributed by atoms with Crippen LogP contribution in [0.25, 0.3) is 0 Å². The first-order valence-corrected chi connectivity index (χ1v) is 9.20. The van der Waals surface area contributed by atoms with E-state index in [1.807, 2.05) is 67.5 Å². The van der Waals surface area contributed by atoms with Gasteiger partial charge in [0, 0.05) is 30.5 Å². The second-order valence-corrected chi connectivity index (χ2v) is 7.05. The lowest BCUT2D eigenvalue weighted by atomic mass is 10.1. The van der Waals surface area contributed by atoms with Gasteiger partial charge in [0.05, 0.1) is 11.3 Å². The van der Waals surface area contributed by atoms with Crippen molar-refractivity contribution in [3.05, 3.63) is 88.4 Å². The lowest BCUT2D eigenvalue weighted by molar-refractivity contribution is 0.0735. The predicted molar refractivity (Wildman–Crippen MR) is 114 cm³/mol. The van der Waals surface area contributed by atoms with Crippen molar-refractivity contribution in [2.24, 2.45) is 4.99 Å². The number of ether oxygens (including phenoxy) is 1. The van der Waals surface area contributed by atoms with E-state index in [0.717, 1.165) is 21.4 Å². The van der Waals surface area contributed by atoms with Crippen LogP contribution in [-0.2, 0) is 0 Å². The minimum atomic E-state index is -0.389. The Morgan fingerprint density at radius 2 is 1.56 bits per heavy atom. The molecule has 0 aliphatic heterocycles. The van der Waals surface area contributed by atoms with E-state index in [1.54, 1.807) is 30.5 Å². The molecule has 136 valence electrons. The van der Waals surface area contributed by atoms with Gasteiger partial charge in [-0.05, 0) is 66.2 Å². The summed E-state index contributed by atoms with van der Waals surface area (Å²) in [5, 5.41) is 0. The van der Waals surface area contributed by atoms with E-state index in [4.69, 9.17) is 4.74 Å². The Morgan fingerprint density at radius 1 is 0.926 bits per heavy atom. The summed E-state index contributed by atoms with van der Waals surface area (Å²) < 4.78 is 6.29. The monoisotopic (exact) mass is 422 g/mol. The lowest BCUT2D eigenvalue weighted by Gasteiger charge is -2.11. The highest BCUT2D eigenvalue weighted by Gasteiger charge is 2.08. The minimum absolute atomic E-state index is 0.389. The summed E-state index contributed by atoms with van der Waals surface area (Å²) in [6.45, 7) is 0. The van der Waals surface area contributed by atoms with Crippen LogP contribution in [0, 0.1) is 0 Å². The van der Waals surface area contributed by atoms with Gasteiger partial charge in [-0.25, -0.2) is 4.79 Å². The molecule has 0 spiro atoms. The zero-order valence-corrected chi connectivity index (χ0v) is 16.7. The number of aliphatic imine (C=N–C) groups is 1. The first kappa shape index (κ1) is 18.9. The molecule has 0 aromatic heterocycles. The zero-order chi connectivity index (χ0) is 19.2. The van der Waals surface area contributed by atoms with E-state index in [9.17, 15) is 4.79 Å². The van der Waals surface area contributed by atoms with E-state index in [-0.39, 0.29) is 5.97 Å². The molecule has 0 bridgehead atoms. The van der Waals surface area contributed by atoms with Crippen LogP contribution < -0.4 is 9.64 Å². The summed E-state index contributed by atoms with van der Waals surface area (Å²) >= 11 is 3.35. The van der Waals surface area contributed by atoms with Crippen molar-refractivity contribution in [2.75, 3.05) is 19.0 Å². The predicted octanol–water partition coefficient (Wildman–Crippen LogP) is 5.48. The van der Waals surface area contributed by atoms with Crippen LogP contribution in [0.2, 0.25) is 0 Å². The Hall–Kier alpha value is -2.92. The van der Waals surface area contributed by atoms with Crippen LogP contribution in [-0.4, -0.2) is 26.3 Å². The number of nitrogens with zero attached hydrogens (tertiary/aromatic N) is 2. The van der Waals surface area contributed by atoms with Gasteiger partial charge in [-0.1, -0.05) is 28.1 Å². The van der Waals surface area contributed by atoms with Gasteiger partial charge in [0.2, 0.25) is 0 Å². The molecule has 0 aliphatic carbocycles.